The summed E-state index contributed by atoms with van der Waals surface area (Å²) in [6.45, 7) is 2.18. The maximum atomic E-state index is 12.9. The van der Waals surface area contributed by atoms with E-state index in [9.17, 15) is 9.59 Å². The molecular formula is C26H29N3O3S. The van der Waals surface area contributed by atoms with Crippen LogP contribution < -0.4 is 20.3 Å². The van der Waals surface area contributed by atoms with E-state index in [1.54, 1.807) is 30.6 Å². The Bertz CT molecular complexity index is 1080. The van der Waals surface area contributed by atoms with Crippen molar-refractivity contribution in [3.63, 3.8) is 0 Å². The van der Waals surface area contributed by atoms with Crippen molar-refractivity contribution in [3.05, 3.63) is 82.0 Å². The highest BCUT2D eigenvalue weighted by atomic mass is 32.1. The van der Waals surface area contributed by atoms with E-state index in [0.29, 0.717) is 23.4 Å². The van der Waals surface area contributed by atoms with Gasteiger partial charge in [0.1, 0.15) is 5.75 Å². The van der Waals surface area contributed by atoms with Crippen LogP contribution in [0.2, 0.25) is 0 Å². The molecule has 0 radical (unpaired) electrons. The van der Waals surface area contributed by atoms with Gasteiger partial charge in [0.05, 0.1) is 12.7 Å². The lowest BCUT2D eigenvalue weighted by atomic mass is 10.0. The summed E-state index contributed by atoms with van der Waals surface area (Å²) in [6.07, 6.45) is 2.48. The van der Waals surface area contributed by atoms with Crippen molar-refractivity contribution in [1.29, 1.82) is 0 Å². The molecule has 0 atom stereocenters. The summed E-state index contributed by atoms with van der Waals surface area (Å²) in [5, 5.41) is 8.24. The Hall–Kier alpha value is -3.32. The number of rotatable bonds is 8. The molecule has 2 amide bonds. The van der Waals surface area contributed by atoms with Gasteiger partial charge in [-0.1, -0.05) is 24.3 Å². The fourth-order valence-corrected chi connectivity index (χ4v) is 4.80. The zero-order chi connectivity index (χ0) is 23.0. The molecule has 33 heavy (non-hydrogen) atoms. The normalized spacial score (nSPS) is 14.0. The van der Waals surface area contributed by atoms with E-state index in [0.717, 1.165) is 38.0 Å². The second-order valence-corrected chi connectivity index (χ2v) is 9.10. The first-order valence-corrected chi connectivity index (χ1v) is 12.1. The number of amides is 2. The SMILES string of the molecule is COc1cccc(C(=O)NC2CCN(c3ccccc3C(=O)NCCc3cccs3)CC2)c1. The third kappa shape index (κ3) is 5.93. The van der Waals surface area contributed by atoms with E-state index >= 15 is 0 Å². The number of thiophene rings is 1. The van der Waals surface area contributed by atoms with E-state index in [-0.39, 0.29) is 17.9 Å². The van der Waals surface area contributed by atoms with Gasteiger partial charge < -0.3 is 20.3 Å². The third-order valence-electron chi connectivity index (χ3n) is 5.89. The van der Waals surface area contributed by atoms with E-state index in [2.05, 4.69) is 27.0 Å². The molecule has 0 aliphatic carbocycles. The molecule has 172 valence electrons. The van der Waals surface area contributed by atoms with Crippen LogP contribution in [0, 0.1) is 0 Å². The molecule has 1 fully saturated rings. The van der Waals surface area contributed by atoms with E-state index < -0.39 is 0 Å². The number of ether oxygens (including phenoxy) is 1. The van der Waals surface area contributed by atoms with Gasteiger partial charge >= 0.3 is 0 Å². The molecule has 1 aliphatic rings. The summed E-state index contributed by atoms with van der Waals surface area (Å²) in [4.78, 5) is 29.0. The van der Waals surface area contributed by atoms with Crippen molar-refractivity contribution < 1.29 is 14.3 Å². The molecule has 3 aromatic rings. The Morgan fingerprint density at radius 1 is 1.03 bits per heavy atom. The molecule has 6 nitrogen and oxygen atoms in total. The smallest absolute Gasteiger partial charge is 0.253 e. The fraction of sp³-hybridized carbons (Fsp3) is 0.308. The van der Waals surface area contributed by atoms with Crippen LogP contribution in [0.5, 0.6) is 5.75 Å². The van der Waals surface area contributed by atoms with Crippen LogP contribution in [-0.4, -0.2) is 44.6 Å². The topological polar surface area (TPSA) is 70.7 Å². The maximum Gasteiger partial charge on any atom is 0.253 e. The number of para-hydroxylation sites is 1. The van der Waals surface area contributed by atoms with Gasteiger partial charge in [-0.05, 0) is 61.0 Å². The number of carbonyl (C=O) groups is 2. The Balaban J connectivity index is 1.32. The second-order valence-electron chi connectivity index (χ2n) is 8.07. The van der Waals surface area contributed by atoms with Crippen molar-refractivity contribution in [2.24, 2.45) is 0 Å². The number of nitrogens with one attached hydrogen (secondary N) is 2. The number of carbonyl (C=O) groups excluding carboxylic acids is 2. The van der Waals surface area contributed by atoms with Crippen LogP contribution in [0.1, 0.15) is 38.4 Å². The molecule has 2 aromatic carbocycles. The van der Waals surface area contributed by atoms with Crippen molar-refractivity contribution >= 4 is 28.8 Å². The van der Waals surface area contributed by atoms with Gasteiger partial charge in [0.25, 0.3) is 11.8 Å². The molecule has 2 N–H and O–H groups in total. The summed E-state index contributed by atoms with van der Waals surface area (Å²) in [7, 11) is 1.59. The van der Waals surface area contributed by atoms with Gasteiger partial charge in [-0.15, -0.1) is 11.3 Å². The lowest BCUT2D eigenvalue weighted by Gasteiger charge is -2.35. The molecule has 4 rings (SSSR count). The maximum absolute atomic E-state index is 12.9. The Morgan fingerprint density at radius 2 is 1.85 bits per heavy atom. The van der Waals surface area contributed by atoms with Gasteiger partial charge in [-0.25, -0.2) is 0 Å². The quantitative estimate of drug-likeness (QED) is 0.527. The first-order valence-electron chi connectivity index (χ1n) is 11.2. The largest absolute Gasteiger partial charge is 0.497 e. The Kier molecular flexibility index (Phi) is 7.62. The lowest BCUT2D eigenvalue weighted by Crippen LogP contribution is -2.45. The van der Waals surface area contributed by atoms with Crippen LogP contribution in [0.4, 0.5) is 5.69 Å². The van der Waals surface area contributed by atoms with Crippen LogP contribution in [-0.2, 0) is 6.42 Å². The molecule has 0 spiro atoms. The highest BCUT2D eigenvalue weighted by molar-refractivity contribution is 7.09. The highest BCUT2D eigenvalue weighted by Gasteiger charge is 2.24. The molecule has 1 aliphatic heterocycles. The number of hydrogen-bond donors (Lipinski definition) is 2. The molecule has 7 heteroatoms. The predicted octanol–water partition coefficient (Wildman–Crippen LogP) is 4.13. The Labute approximate surface area is 198 Å². The van der Waals surface area contributed by atoms with Crippen LogP contribution in [0.15, 0.2) is 66.0 Å². The van der Waals surface area contributed by atoms with E-state index in [1.165, 1.54) is 4.88 Å². The monoisotopic (exact) mass is 463 g/mol. The zero-order valence-electron chi connectivity index (χ0n) is 18.8. The number of benzene rings is 2. The minimum absolute atomic E-state index is 0.0457. The Morgan fingerprint density at radius 3 is 2.61 bits per heavy atom. The van der Waals surface area contributed by atoms with Gasteiger partial charge in [0.15, 0.2) is 0 Å². The number of methoxy groups -OCH3 is 1. The number of piperidine rings is 1. The molecule has 0 saturated carbocycles. The van der Waals surface area contributed by atoms with Gasteiger partial charge in [0.2, 0.25) is 0 Å². The molecule has 1 saturated heterocycles. The summed E-state index contributed by atoms with van der Waals surface area (Å²) < 4.78 is 5.21. The van der Waals surface area contributed by atoms with Gasteiger partial charge in [-0.3, -0.25) is 9.59 Å². The van der Waals surface area contributed by atoms with Crippen LogP contribution in [0.3, 0.4) is 0 Å². The average Bonchev–Trinajstić information content (AvgIpc) is 3.38. The number of anilines is 1. The molecule has 2 heterocycles. The van der Waals surface area contributed by atoms with Crippen molar-refractivity contribution in [3.8, 4) is 5.75 Å². The first-order chi connectivity index (χ1) is 16.1. The van der Waals surface area contributed by atoms with E-state index in [4.69, 9.17) is 4.74 Å². The average molecular weight is 464 g/mol. The predicted molar refractivity (Wildman–Crippen MR) is 132 cm³/mol. The van der Waals surface area contributed by atoms with Gasteiger partial charge in [-0.2, -0.15) is 0 Å². The fourth-order valence-electron chi connectivity index (χ4n) is 4.09. The van der Waals surface area contributed by atoms with Gasteiger partial charge in [0, 0.05) is 41.8 Å². The van der Waals surface area contributed by atoms with Crippen molar-refractivity contribution in [2.45, 2.75) is 25.3 Å². The minimum atomic E-state index is -0.0853. The molecule has 0 bridgehead atoms. The third-order valence-corrected chi connectivity index (χ3v) is 6.82. The number of nitrogens with zero attached hydrogens (tertiary/aromatic N) is 1. The molecular weight excluding hydrogens is 434 g/mol. The highest BCUT2D eigenvalue weighted by Crippen LogP contribution is 2.25. The lowest BCUT2D eigenvalue weighted by molar-refractivity contribution is 0.0929. The van der Waals surface area contributed by atoms with Crippen LogP contribution >= 0.6 is 11.3 Å². The van der Waals surface area contributed by atoms with Crippen LogP contribution in [0.25, 0.3) is 0 Å². The number of hydrogen-bond acceptors (Lipinski definition) is 5. The zero-order valence-corrected chi connectivity index (χ0v) is 19.6. The summed E-state index contributed by atoms with van der Waals surface area (Å²) in [5.74, 6) is 0.538. The summed E-state index contributed by atoms with van der Waals surface area (Å²) >= 11 is 1.71. The molecule has 1 aromatic heterocycles. The van der Waals surface area contributed by atoms with Crippen molar-refractivity contribution in [1.82, 2.24) is 10.6 Å². The van der Waals surface area contributed by atoms with E-state index in [1.807, 2.05) is 42.5 Å². The first kappa shape index (κ1) is 22.9. The minimum Gasteiger partial charge on any atom is -0.497 e. The second kappa shape index (κ2) is 11.0. The standard InChI is InChI=1S/C26H29N3O3S/c1-32-21-7-4-6-19(18-21)25(30)28-20-12-15-29(16-13-20)24-10-3-2-9-23(24)26(31)27-14-11-22-8-5-17-33-22/h2-10,17-18,20H,11-16H2,1H3,(H,27,31)(H,28,30). The van der Waals surface area contributed by atoms with Crippen molar-refractivity contribution in [2.75, 3.05) is 31.6 Å². The summed E-state index contributed by atoms with van der Waals surface area (Å²) in [6, 6.07) is 19.2. The summed E-state index contributed by atoms with van der Waals surface area (Å²) in [5.41, 5.74) is 2.24. The molecule has 0 unspecified atom stereocenters.